The number of anilines is 1. The summed E-state index contributed by atoms with van der Waals surface area (Å²) in [7, 11) is 0. The van der Waals surface area contributed by atoms with Crippen LogP contribution in [0.15, 0.2) is 24.3 Å². The molecule has 2 amide bonds. The van der Waals surface area contributed by atoms with E-state index >= 15 is 0 Å². The molecular formula is C19H25N3O5. The summed E-state index contributed by atoms with van der Waals surface area (Å²) in [5.74, 6) is -0.940. The van der Waals surface area contributed by atoms with Crippen LogP contribution in [0.4, 0.5) is 5.69 Å². The van der Waals surface area contributed by atoms with Crippen molar-refractivity contribution in [2.24, 2.45) is 0 Å². The molecule has 3 rings (SSSR count). The molecule has 2 fully saturated rings. The molecule has 0 spiro atoms. The van der Waals surface area contributed by atoms with Crippen molar-refractivity contribution in [3.63, 3.8) is 0 Å². The molecule has 8 nitrogen and oxygen atoms in total. The molecule has 2 aliphatic rings. The van der Waals surface area contributed by atoms with E-state index in [9.17, 15) is 14.4 Å². The topological polar surface area (TPSA) is 99.2 Å². The zero-order valence-electron chi connectivity index (χ0n) is 15.4. The molecular weight excluding hydrogens is 350 g/mol. The number of aliphatic hydroxyl groups is 1. The number of cyclic esters (lactones) is 1. The van der Waals surface area contributed by atoms with Crippen molar-refractivity contribution < 1.29 is 24.2 Å². The van der Waals surface area contributed by atoms with Gasteiger partial charge in [-0.05, 0) is 17.7 Å². The number of esters is 1. The van der Waals surface area contributed by atoms with Crippen LogP contribution >= 0.6 is 0 Å². The Bertz CT molecular complexity index is 698. The second-order valence-corrected chi connectivity index (χ2v) is 6.90. The van der Waals surface area contributed by atoms with Crippen molar-refractivity contribution >= 4 is 23.5 Å². The van der Waals surface area contributed by atoms with Gasteiger partial charge in [-0.1, -0.05) is 12.1 Å². The number of piperazine rings is 1. The van der Waals surface area contributed by atoms with E-state index in [0.29, 0.717) is 39.1 Å². The van der Waals surface area contributed by atoms with E-state index in [1.54, 1.807) is 4.90 Å². The molecule has 146 valence electrons. The molecule has 27 heavy (non-hydrogen) atoms. The van der Waals surface area contributed by atoms with Crippen LogP contribution in [0.2, 0.25) is 0 Å². The molecule has 1 unspecified atom stereocenters. The Balaban J connectivity index is 1.57. The van der Waals surface area contributed by atoms with Crippen LogP contribution in [-0.4, -0.2) is 73.2 Å². The fraction of sp³-hybridized carbons (Fsp3) is 0.526. The fourth-order valence-corrected chi connectivity index (χ4v) is 3.54. The number of hydrogen-bond acceptors (Lipinski definition) is 6. The van der Waals surface area contributed by atoms with Crippen molar-refractivity contribution in [3.8, 4) is 0 Å². The van der Waals surface area contributed by atoms with Crippen LogP contribution in [0.5, 0.6) is 0 Å². The third-order valence-electron chi connectivity index (χ3n) is 5.07. The van der Waals surface area contributed by atoms with Gasteiger partial charge >= 0.3 is 5.97 Å². The first-order chi connectivity index (χ1) is 13.0. The van der Waals surface area contributed by atoms with Gasteiger partial charge in [-0.3, -0.25) is 14.4 Å². The number of nitrogens with one attached hydrogen (secondary N) is 1. The van der Waals surface area contributed by atoms with Gasteiger partial charge in [0.1, 0.15) is 12.7 Å². The number of nitrogens with zero attached hydrogens (tertiary/aromatic N) is 2. The lowest BCUT2D eigenvalue weighted by Gasteiger charge is -2.36. The van der Waals surface area contributed by atoms with Gasteiger partial charge in [0.05, 0.1) is 12.5 Å². The van der Waals surface area contributed by atoms with E-state index in [1.165, 1.54) is 6.92 Å². The summed E-state index contributed by atoms with van der Waals surface area (Å²) in [6.45, 7) is 3.90. The largest absolute Gasteiger partial charge is 0.460 e. The lowest BCUT2D eigenvalue weighted by Crippen LogP contribution is -2.49. The van der Waals surface area contributed by atoms with Gasteiger partial charge in [-0.25, -0.2) is 0 Å². The second kappa shape index (κ2) is 8.39. The van der Waals surface area contributed by atoms with Crippen molar-refractivity contribution in [2.75, 3.05) is 44.2 Å². The van der Waals surface area contributed by atoms with Crippen LogP contribution in [0, 0.1) is 0 Å². The molecule has 2 heterocycles. The maximum Gasteiger partial charge on any atom is 0.313 e. The Morgan fingerprint density at radius 1 is 1.19 bits per heavy atom. The van der Waals surface area contributed by atoms with Crippen molar-refractivity contribution in [3.05, 3.63) is 29.8 Å². The quantitative estimate of drug-likeness (QED) is 0.695. The van der Waals surface area contributed by atoms with Crippen LogP contribution < -0.4 is 10.2 Å². The van der Waals surface area contributed by atoms with Crippen LogP contribution in [-0.2, 0) is 19.1 Å². The number of aliphatic hydroxyl groups excluding tert-OH is 1. The van der Waals surface area contributed by atoms with Gasteiger partial charge < -0.3 is 25.0 Å². The Labute approximate surface area is 158 Å². The summed E-state index contributed by atoms with van der Waals surface area (Å²) in [4.78, 5) is 38.5. The van der Waals surface area contributed by atoms with Gasteiger partial charge in [0.2, 0.25) is 11.8 Å². The van der Waals surface area contributed by atoms with Crippen molar-refractivity contribution in [1.29, 1.82) is 0 Å². The minimum absolute atomic E-state index is 0.139. The zero-order valence-corrected chi connectivity index (χ0v) is 15.4. The fourth-order valence-electron chi connectivity index (χ4n) is 3.54. The van der Waals surface area contributed by atoms with Gasteiger partial charge in [0, 0.05) is 45.2 Å². The Kier molecular flexibility index (Phi) is 5.95. The minimum atomic E-state index is -0.449. The van der Waals surface area contributed by atoms with E-state index < -0.39 is 6.61 Å². The highest BCUT2D eigenvalue weighted by Gasteiger charge is 2.35. The van der Waals surface area contributed by atoms with Crippen LogP contribution in [0.25, 0.3) is 0 Å². The first-order valence-electron chi connectivity index (χ1n) is 9.16. The average molecular weight is 375 g/mol. The average Bonchev–Trinajstić information content (AvgIpc) is 3.06. The summed E-state index contributed by atoms with van der Waals surface area (Å²) in [5, 5.41) is 11.6. The predicted molar refractivity (Wildman–Crippen MR) is 98.2 cm³/mol. The summed E-state index contributed by atoms with van der Waals surface area (Å²) in [6, 6.07) is 7.83. The molecule has 0 bridgehead atoms. The minimum Gasteiger partial charge on any atom is -0.460 e. The summed E-state index contributed by atoms with van der Waals surface area (Å²) in [5.41, 5.74) is 1.94. The highest BCUT2D eigenvalue weighted by molar-refractivity contribution is 5.81. The maximum atomic E-state index is 12.1. The van der Waals surface area contributed by atoms with Crippen LogP contribution in [0.3, 0.4) is 0 Å². The number of benzene rings is 1. The zero-order chi connectivity index (χ0) is 19.4. The number of hydrogen-bond donors (Lipinski definition) is 2. The van der Waals surface area contributed by atoms with E-state index in [1.807, 2.05) is 24.3 Å². The van der Waals surface area contributed by atoms with Gasteiger partial charge in [-0.15, -0.1) is 0 Å². The SMILES string of the molecule is CC(=O)NCC1C[C@H](c2ccc(N3CCN(C(=O)CO)CC3)cc2)C(=O)O1. The summed E-state index contributed by atoms with van der Waals surface area (Å²) in [6.07, 6.45) is 0.267. The van der Waals surface area contributed by atoms with E-state index in [4.69, 9.17) is 9.84 Å². The van der Waals surface area contributed by atoms with Crippen LogP contribution in [0.1, 0.15) is 24.8 Å². The second-order valence-electron chi connectivity index (χ2n) is 6.90. The first kappa shape index (κ1) is 19.2. The number of amides is 2. The highest BCUT2D eigenvalue weighted by Crippen LogP contribution is 2.31. The number of rotatable bonds is 5. The number of ether oxygens (including phenoxy) is 1. The molecule has 0 aromatic heterocycles. The Hall–Kier alpha value is -2.61. The number of carbonyl (C=O) groups is 3. The lowest BCUT2D eigenvalue weighted by atomic mass is 9.95. The van der Waals surface area contributed by atoms with E-state index in [-0.39, 0.29) is 29.8 Å². The third-order valence-corrected chi connectivity index (χ3v) is 5.07. The first-order valence-corrected chi connectivity index (χ1v) is 9.16. The lowest BCUT2D eigenvalue weighted by molar-refractivity contribution is -0.142. The molecule has 0 aliphatic carbocycles. The molecule has 0 saturated carbocycles. The van der Waals surface area contributed by atoms with Gasteiger partial charge in [-0.2, -0.15) is 0 Å². The van der Waals surface area contributed by atoms with Gasteiger partial charge in [0.25, 0.3) is 0 Å². The predicted octanol–water partition coefficient (Wildman–Crippen LogP) is -0.137. The molecule has 0 radical (unpaired) electrons. The summed E-state index contributed by atoms with van der Waals surface area (Å²) < 4.78 is 5.35. The molecule has 1 aromatic rings. The van der Waals surface area contributed by atoms with Gasteiger partial charge in [0.15, 0.2) is 0 Å². The highest BCUT2D eigenvalue weighted by atomic mass is 16.6. The van der Waals surface area contributed by atoms with Crippen molar-refractivity contribution in [2.45, 2.75) is 25.4 Å². The van der Waals surface area contributed by atoms with E-state index in [2.05, 4.69) is 10.2 Å². The third kappa shape index (κ3) is 4.57. The molecule has 1 aromatic carbocycles. The summed E-state index contributed by atoms with van der Waals surface area (Å²) >= 11 is 0. The van der Waals surface area contributed by atoms with E-state index in [0.717, 1.165) is 11.3 Å². The normalized spacial score (nSPS) is 22.5. The smallest absolute Gasteiger partial charge is 0.313 e. The maximum absolute atomic E-state index is 12.1. The van der Waals surface area contributed by atoms with Crippen molar-refractivity contribution in [1.82, 2.24) is 10.2 Å². The Morgan fingerprint density at radius 2 is 1.85 bits per heavy atom. The number of carbonyl (C=O) groups excluding carboxylic acids is 3. The standard InChI is InChI=1S/C19H25N3O5/c1-13(24)20-11-16-10-17(19(26)27-16)14-2-4-15(5-3-14)21-6-8-22(9-7-21)18(25)12-23/h2-5,16-17,23H,6-12H2,1H3,(H,20,24)/t16?,17-/m1/s1. The Morgan fingerprint density at radius 3 is 2.44 bits per heavy atom. The monoisotopic (exact) mass is 375 g/mol. The molecule has 2 saturated heterocycles. The molecule has 8 heteroatoms. The molecule has 2 N–H and O–H groups in total. The molecule has 2 aliphatic heterocycles. The molecule has 2 atom stereocenters.